The molecule has 1 aromatic heterocycles. The molecule has 0 aliphatic carbocycles. The van der Waals surface area contributed by atoms with E-state index in [4.69, 9.17) is 0 Å². The van der Waals surface area contributed by atoms with Gasteiger partial charge in [0.1, 0.15) is 6.04 Å². The molecule has 2 aromatic carbocycles. The Morgan fingerprint density at radius 2 is 1.76 bits per heavy atom. The van der Waals surface area contributed by atoms with Crippen molar-refractivity contribution in [2.24, 2.45) is 5.92 Å². The molecule has 0 aliphatic heterocycles. The number of nitrogens with one attached hydrogen (secondary N) is 1. The summed E-state index contributed by atoms with van der Waals surface area (Å²) in [5.41, 5.74) is 3.66. The molecular formula is C24H31MgN5O3. The molecule has 3 rings (SSSR count). The van der Waals surface area contributed by atoms with Crippen LogP contribution in [0.2, 0.25) is 0 Å². The molecule has 0 fully saturated rings. The van der Waals surface area contributed by atoms with Crippen molar-refractivity contribution in [2.45, 2.75) is 52.6 Å². The molecule has 0 saturated heterocycles. The number of unbranched alkanes of at least 4 members (excludes halogenated alkanes) is 1. The van der Waals surface area contributed by atoms with Gasteiger partial charge in [0, 0.05) is 18.5 Å². The maximum absolute atomic E-state index is 12.9. The second-order valence-corrected chi connectivity index (χ2v) is 8.13. The minimum absolute atomic E-state index is 0. The first kappa shape index (κ1) is 26.5. The number of benzene rings is 2. The van der Waals surface area contributed by atoms with E-state index in [1.807, 2.05) is 69.3 Å². The van der Waals surface area contributed by atoms with E-state index in [2.05, 4.69) is 20.6 Å². The molecule has 8 nitrogen and oxygen atoms in total. The smallest absolute Gasteiger partial charge is 1.00 e. The first-order valence-corrected chi connectivity index (χ1v) is 10.9. The molecule has 9 heteroatoms. The zero-order chi connectivity index (χ0) is 23.1. The van der Waals surface area contributed by atoms with Crippen LogP contribution in [0.15, 0.2) is 48.5 Å². The predicted molar refractivity (Wildman–Crippen MR) is 129 cm³/mol. The van der Waals surface area contributed by atoms with Crippen molar-refractivity contribution in [1.29, 1.82) is 0 Å². The minimum Gasteiger partial charge on any atom is -1.00 e. The number of carboxylic acid groups (broad SMARTS) is 1. The number of carbonyl (C=O) groups is 2. The Kier molecular flexibility index (Phi) is 9.99. The molecule has 33 heavy (non-hydrogen) atoms. The number of aromatic nitrogens is 4. The summed E-state index contributed by atoms with van der Waals surface area (Å²) < 4.78 is 0. The van der Waals surface area contributed by atoms with E-state index in [1.54, 1.807) is 0 Å². The summed E-state index contributed by atoms with van der Waals surface area (Å²) >= 11 is 0. The number of nitrogens with zero attached hydrogens (tertiary/aromatic N) is 4. The summed E-state index contributed by atoms with van der Waals surface area (Å²) in [6, 6.07) is 14.7. The van der Waals surface area contributed by atoms with Gasteiger partial charge in [-0.05, 0) is 34.2 Å². The van der Waals surface area contributed by atoms with E-state index in [9.17, 15) is 14.7 Å². The summed E-state index contributed by atoms with van der Waals surface area (Å²) in [4.78, 5) is 26.3. The molecule has 1 atom stereocenters. The normalized spacial score (nSPS) is 11.6. The molecule has 0 aliphatic rings. The molecule has 0 radical (unpaired) electrons. The van der Waals surface area contributed by atoms with Gasteiger partial charge >= 0.3 is 29.0 Å². The van der Waals surface area contributed by atoms with Crippen molar-refractivity contribution in [1.82, 2.24) is 25.5 Å². The van der Waals surface area contributed by atoms with E-state index < -0.39 is 12.0 Å². The van der Waals surface area contributed by atoms with Crippen molar-refractivity contribution in [2.75, 3.05) is 0 Å². The zero-order valence-corrected chi connectivity index (χ0v) is 20.8. The van der Waals surface area contributed by atoms with Crippen LogP contribution in [0.5, 0.6) is 0 Å². The number of H-pyrrole nitrogens is 1. The van der Waals surface area contributed by atoms with E-state index in [-0.39, 0.29) is 44.3 Å². The molecule has 0 unspecified atom stereocenters. The van der Waals surface area contributed by atoms with Crippen molar-refractivity contribution in [3.05, 3.63) is 54.1 Å². The Morgan fingerprint density at radius 3 is 2.30 bits per heavy atom. The van der Waals surface area contributed by atoms with Crippen LogP contribution in [-0.4, -0.2) is 71.6 Å². The average Bonchev–Trinajstić information content (AvgIpc) is 3.32. The average molecular weight is 462 g/mol. The van der Waals surface area contributed by atoms with Crippen LogP contribution in [0, 0.1) is 5.92 Å². The predicted octanol–water partition coefficient (Wildman–Crippen LogP) is 4.01. The Morgan fingerprint density at radius 1 is 1.09 bits per heavy atom. The van der Waals surface area contributed by atoms with Crippen LogP contribution < -0.4 is 0 Å². The van der Waals surface area contributed by atoms with Gasteiger partial charge in [0.25, 0.3) is 0 Å². The molecule has 3 aromatic rings. The fraction of sp³-hybridized carbons (Fsp3) is 0.375. The first-order chi connectivity index (χ1) is 15.4. The van der Waals surface area contributed by atoms with Gasteiger partial charge in [0.05, 0.1) is 0 Å². The number of hydrogen-bond acceptors (Lipinski definition) is 5. The minimum atomic E-state index is -0.976. The van der Waals surface area contributed by atoms with Gasteiger partial charge < -0.3 is 12.9 Å². The molecule has 1 amide bonds. The molecule has 172 valence electrons. The number of tetrazole rings is 1. The van der Waals surface area contributed by atoms with Gasteiger partial charge in [-0.1, -0.05) is 75.7 Å². The summed E-state index contributed by atoms with van der Waals surface area (Å²) in [5.74, 6) is -0.784. The maximum atomic E-state index is 12.9. The number of aromatic amines is 1. The van der Waals surface area contributed by atoms with Crippen LogP contribution >= 0.6 is 0 Å². The maximum Gasteiger partial charge on any atom is 2.00 e. The van der Waals surface area contributed by atoms with Gasteiger partial charge in [-0.3, -0.25) is 4.79 Å². The third-order valence-corrected chi connectivity index (χ3v) is 5.42. The molecule has 0 saturated carbocycles. The number of aliphatic carboxylic acids is 1. The second-order valence-electron chi connectivity index (χ2n) is 8.13. The standard InChI is InChI=1S/C24H29N5O3.Mg.2H/c1-4-5-10-21(30)29(22(16(2)3)24(31)32)15-17-11-13-18(14-12-17)19-8-6-7-9-20(19)23-25-27-28-26-23;;;/h6-9,11-14,16,22H,4-5,10,15H2,1-3H3,(H,31,32)(H,25,26,27,28);;;/q;+2;2*-1/t22-;;;/m0.../s1. The van der Waals surface area contributed by atoms with Crippen molar-refractivity contribution >= 4 is 34.9 Å². The Labute approximate surface area is 212 Å². The summed E-state index contributed by atoms with van der Waals surface area (Å²) in [6.07, 6.45) is 1.97. The second kappa shape index (κ2) is 12.5. The van der Waals surface area contributed by atoms with Crippen molar-refractivity contribution < 1.29 is 17.5 Å². The van der Waals surface area contributed by atoms with E-state index in [0.717, 1.165) is 35.1 Å². The van der Waals surface area contributed by atoms with Crippen molar-refractivity contribution in [3.63, 3.8) is 0 Å². The van der Waals surface area contributed by atoms with Gasteiger partial charge in [0.15, 0.2) is 0 Å². The van der Waals surface area contributed by atoms with Gasteiger partial charge in [-0.15, -0.1) is 10.2 Å². The number of amides is 1. The SMILES string of the molecule is CCCCC(=O)N(Cc1ccc(-c2ccccc2-c2nn[nH]n2)cc1)[C@H](C(=O)O)C(C)C.[H-].[H-].[Mg+2]. The van der Waals surface area contributed by atoms with Gasteiger partial charge in [0.2, 0.25) is 11.7 Å². The molecule has 0 bridgehead atoms. The topological polar surface area (TPSA) is 112 Å². The Balaban J connectivity index is 0.00000385. The number of rotatable bonds is 10. The van der Waals surface area contributed by atoms with Crippen molar-refractivity contribution in [3.8, 4) is 22.5 Å². The number of carbonyl (C=O) groups excluding carboxylic acids is 1. The fourth-order valence-corrected chi connectivity index (χ4v) is 3.78. The molecular weight excluding hydrogens is 431 g/mol. The fourth-order valence-electron chi connectivity index (χ4n) is 3.78. The summed E-state index contributed by atoms with van der Waals surface area (Å²) in [5, 5.41) is 24.0. The largest absolute Gasteiger partial charge is 2.00 e. The van der Waals surface area contributed by atoms with Gasteiger partial charge in [-0.2, -0.15) is 5.21 Å². The Hall–Kier alpha value is -2.78. The van der Waals surface area contributed by atoms with Crippen LogP contribution in [0.1, 0.15) is 48.5 Å². The molecule has 0 spiro atoms. The van der Waals surface area contributed by atoms with Gasteiger partial charge in [-0.25, -0.2) is 4.79 Å². The molecule has 2 N–H and O–H groups in total. The van der Waals surface area contributed by atoms with E-state index in [1.165, 1.54) is 4.90 Å². The van der Waals surface area contributed by atoms with E-state index in [0.29, 0.717) is 12.2 Å². The first-order valence-electron chi connectivity index (χ1n) is 10.9. The van der Waals surface area contributed by atoms with Crippen LogP contribution in [0.4, 0.5) is 0 Å². The third kappa shape index (κ3) is 6.61. The van der Waals surface area contributed by atoms with Crippen LogP contribution in [0.25, 0.3) is 22.5 Å². The monoisotopic (exact) mass is 461 g/mol. The number of carboxylic acids is 1. The summed E-state index contributed by atoms with van der Waals surface area (Å²) in [6.45, 7) is 5.93. The summed E-state index contributed by atoms with van der Waals surface area (Å²) in [7, 11) is 0. The third-order valence-electron chi connectivity index (χ3n) is 5.42. The number of hydrogen-bond donors (Lipinski definition) is 2. The zero-order valence-electron chi connectivity index (χ0n) is 21.4. The van der Waals surface area contributed by atoms with E-state index >= 15 is 0 Å². The molecule has 1 heterocycles. The quantitative estimate of drug-likeness (QED) is 0.441. The van der Waals surface area contributed by atoms with Crippen LogP contribution in [-0.2, 0) is 16.1 Å². The Bertz CT molecular complexity index is 1050. The van der Waals surface area contributed by atoms with Crippen LogP contribution in [0.3, 0.4) is 0 Å².